The Morgan fingerprint density at radius 1 is 1.39 bits per heavy atom. The normalized spacial score (nSPS) is 24.9. The summed E-state index contributed by atoms with van der Waals surface area (Å²) in [6.45, 7) is 2.05. The van der Waals surface area contributed by atoms with Crippen LogP contribution in [0.2, 0.25) is 13.1 Å². The van der Waals surface area contributed by atoms with E-state index in [1.165, 1.54) is 4.88 Å². The maximum atomic E-state index is 10.6. The van der Waals surface area contributed by atoms with E-state index in [2.05, 4.69) is 64.2 Å². The predicted octanol–water partition coefficient (Wildman–Crippen LogP) is 6.11. The summed E-state index contributed by atoms with van der Waals surface area (Å²) in [4.78, 5) is 11.8. The maximum Gasteiger partial charge on any atom is 0.303 e. The second-order valence-electron chi connectivity index (χ2n) is 8.27. The van der Waals surface area contributed by atoms with Crippen molar-refractivity contribution in [3.8, 4) is 0 Å². The minimum atomic E-state index is -0.763. The topological polar surface area (TPSA) is 77.8 Å². The number of halogens is 2. The number of aliphatic hydroxyl groups excluding tert-OH is 2. The Morgan fingerprint density at radius 2 is 2.16 bits per heavy atom. The van der Waals surface area contributed by atoms with Crippen LogP contribution >= 0.6 is 43.2 Å². The molecule has 2 unspecified atom stereocenters. The molecule has 5 atom stereocenters. The van der Waals surface area contributed by atoms with E-state index in [1.54, 1.807) is 11.3 Å². The van der Waals surface area contributed by atoms with Gasteiger partial charge in [-0.25, -0.2) is 0 Å². The molecular formula is C23H32BBr2O4S. The van der Waals surface area contributed by atoms with Crippen LogP contribution in [0.5, 0.6) is 0 Å². The van der Waals surface area contributed by atoms with E-state index in [-0.39, 0.29) is 24.4 Å². The van der Waals surface area contributed by atoms with Gasteiger partial charge in [0.25, 0.3) is 0 Å². The highest BCUT2D eigenvalue weighted by atomic mass is 79.9. The summed E-state index contributed by atoms with van der Waals surface area (Å²) in [5.41, 5.74) is 0. The summed E-state index contributed by atoms with van der Waals surface area (Å²) in [5.74, 6) is -0.0117. The fraction of sp³-hybridized carbons (Fsp3) is 0.609. The fourth-order valence-electron chi connectivity index (χ4n) is 4.32. The van der Waals surface area contributed by atoms with E-state index in [1.807, 2.05) is 12.2 Å². The van der Waals surface area contributed by atoms with Crippen molar-refractivity contribution in [3.63, 3.8) is 0 Å². The molecule has 0 amide bonds. The first kappa shape index (κ1) is 26.8. The molecular weight excluding hydrogens is 543 g/mol. The SMILES string of the molecule is C[B]CC1CC(O)[C@H](C/C=C\CCCC(=O)O)[C@H]1/C=C/[C@@H](O)CCc1cc(Br)c(Br)s1. The molecule has 31 heavy (non-hydrogen) atoms. The van der Waals surface area contributed by atoms with Gasteiger partial charge in [-0.1, -0.05) is 37.4 Å². The van der Waals surface area contributed by atoms with Gasteiger partial charge in [-0.15, -0.1) is 11.3 Å². The molecule has 1 fully saturated rings. The van der Waals surface area contributed by atoms with Crippen molar-refractivity contribution in [1.29, 1.82) is 0 Å². The van der Waals surface area contributed by atoms with E-state index in [4.69, 9.17) is 5.11 Å². The molecule has 0 saturated heterocycles. The predicted molar refractivity (Wildman–Crippen MR) is 136 cm³/mol. The Kier molecular flexibility index (Phi) is 12.1. The van der Waals surface area contributed by atoms with E-state index < -0.39 is 12.1 Å². The third-order valence-corrected chi connectivity index (χ3v) is 9.21. The third-order valence-electron chi connectivity index (χ3n) is 5.89. The highest BCUT2D eigenvalue weighted by Crippen LogP contribution is 2.42. The third kappa shape index (κ3) is 9.16. The smallest absolute Gasteiger partial charge is 0.303 e. The number of hydrogen-bond donors (Lipinski definition) is 3. The lowest BCUT2D eigenvalue weighted by Crippen LogP contribution is -2.19. The largest absolute Gasteiger partial charge is 0.481 e. The van der Waals surface area contributed by atoms with Crippen LogP contribution in [-0.2, 0) is 11.2 Å². The van der Waals surface area contributed by atoms with Crippen LogP contribution in [0, 0.1) is 17.8 Å². The fourth-order valence-corrected chi connectivity index (χ4v) is 6.51. The molecule has 1 radical (unpaired) electrons. The molecule has 1 heterocycles. The van der Waals surface area contributed by atoms with Gasteiger partial charge in [0.1, 0.15) is 7.28 Å². The molecule has 0 bridgehead atoms. The standard InChI is InChI=1S/C23H32BBr2O4S/c1-24-14-15-12-21(28)19(6-4-2-3-5-7-22(29)30)18(15)11-9-16(27)8-10-17-13-20(25)23(26)31-17/h2,4,9,11,13,15-16,18-19,21,27-28H,3,5-8,10,12,14H2,1H3,(H,29,30)/b4-2-,11-9+/t15?,16-,18-,19+,21?/m0/s1. The van der Waals surface area contributed by atoms with Gasteiger partial charge in [0.15, 0.2) is 0 Å². The Labute approximate surface area is 207 Å². The first-order valence-electron chi connectivity index (χ1n) is 10.9. The molecule has 3 N–H and O–H groups in total. The van der Waals surface area contributed by atoms with Crippen LogP contribution in [-0.4, -0.2) is 40.8 Å². The minimum absolute atomic E-state index is 0.133. The number of carbonyl (C=O) groups is 1. The van der Waals surface area contributed by atoms with E-state index in [0.29, 0.717) is 18.8 Å². The number of aryl methyl sites for hydroxylation is 1. The lowest BCUT2D eigenvalue weighted by Gasteiger charge is -2.22. The Morgan fingerprint density at radius 3 is 2.81 bits per heavy atom. The van der Waals surface area contributed by atoms with Crippen LogP contribution in [0.25, 0.3) is 0 Å². The van der Waals surface area contributed by atoms with Crippen molar-refractivity contribution in [2.45, 2.75) is 70.3 Å². The Balaban J connectivity index is 1.91. The van der Waals surface area contributed by atoms with E-state index in [0.717, 1.165) is 40.3 Å². The summed E-state index contributed by atoms with van der Waals surface area (Å²) in [5, 5.41) is 29.9. The van der Waals surface area contributed by atoms with Gasteiger partial charge >= 0.3 is 5.97 Å². The van der Waals surface area contributed by atoms with Crippen molar-refractivity contribution >= 4 is 56.4 Å². The highest BCUT2D eigenvalue weighted by molar-refractivity contribution is 9.13. The molecule has 8 heteroatoms. The molecule has 2 rings (SSSR count). The van der Waals surface area contributed by atoms with E-state index in [9.17, 15) is 15.0 Å². The molecule has 0 aromatic carbocycles. The van der Waals surface area contributed by atoms with Crippen molar-refractivity contribution in [2.24, 2.45) is 17.8 Å². The molecule has 1 aromatic rings. The quantitative estimate of drug-likeness (QED) is 0.151. The molecule has 1 saturated carbocycles. The first-order valence-corrected chi connectivity index (χ1v) is 13.3. The van der Waals surface area contributed by atoms with Gasteiger partial charge in [-0.05, 0) is 94.2 Å². The van der Waals surface area contributed by atoms with Gasteiger partial charge in [0.2, 0.25) is 0 Å². The van der Waals surface area contributed by atoms with Crippen molar-refractivity contribution < 1.29 is 20.1 Å². The van der Waals surface area contributed by atoms with Crippen LogP contribution in [0.4, 0.5) is 0 Å². The number of carboxylic acid groups (broad SMARTS) is 1. The highest BCUT2D eigenvalue weighted by Gasteiger charge is 2.39. The number of rotatable bonds is 13. The number of aliphatic hydroxyl groups is 2. The summed E-state index contributed by atoms with van der Waals surface area (Å²) in [6.07, 6.45) is 12.9. The lowest BCUT2D eigenvalue weighted by atomic mass is 9.68. The van der Waals surface area contributed by atoms with Gasteiger partial charge in [-0.2, -0.15) is 0 Å². The van der Waals surface area contributed by atoms with Crippen LogP contribution in [0.3, 0.4) is 0 Å². The van der Waals surface area contributed by atoms with Crippen molar-refractivity contribution in [1.82, 2.24) is 0 Å². The molecule has 0 spiro atoms. The molecule has 1 aliphatic carbocycles. The van der Waals surface area contributed by atoms with Gasteiger partial charge in [0, 0.05) is 15.8 Å². The van der Waals surface area contributed by atoms with E-state index >= 15 is 0 Å². The van der Waals surface area contributed by atoms with Crippen LogP contribution < -0.4 is 0 Å². The van der Waals surface area contributed by atoms with Gasteiger partial charge in [-0.3, -0.25) is 4.79 Å². The zero-order chi connectivity index (χ0) is 22.8. The molecule has 1 aliphatic rings. The second kappa shape index (κ2) is 14.0. The summed E-state index contributed by atoms with van der Waals surface area (Å²) >= 11 is 8.69. The number of allylic oxidation sites excluding steroid dienone is 3. The van der Waals surface area contributed by atoms with Gasteiger partial charge < -0.3 is 15.3 Å². The molecule has 0 aliphatic heterocycles. The average Bonchev–Trinajstić information content (AvgIpc) is 3.19. The minimum Gasteiger partial charge on any atom is -0.481 e. The lowest BCUT2D eigenvalue weighted by molar-refractivity contribution is -0.137. The number of carboxylic acids is 1. The van der Waals surface area contributed by atoms with Crippen molar-refractivity contribution in [2.75, 3.05) is 0 Å². The average molecular weight is 575 g/mol. The zero-order valence-corrected chi connectivity index (χ0v) is 21.9. The first-order chi connectivity index (χ1) is 14.8. The number of hydrogen-bond acceptors (Lipinski definition) is 4. The summed E-state index contributed by atoms with van der Waals surface area (Å²) in [6, 6.07) is 2.09. The molecule has 171 valence electrons. The van der Waals surface area contributed by atoms with Crippen molar-refractivity contribution in [3.05, 3.63) is 43.5 Å². The second-order valence-corrected chi connectivity index (χ2v) is 11.6. The Bertz CT molecular complexity index is 732. The molecule has 1 aromatic heterocycles. The number of aliphatic carboxylic acids is 1. The molecule has 4 nitrogen and oxygen atoms in total. The van der Waals surface area contributed by atoms with Crippen LogP contribution in [0.15, 0.2) is 38.6 Å². The number of thiophene rings is 1. The maximum absolute atomic E-state index is 10.6. The summed E-state index contributed by atoms with van der Waals surface area (Å²) in [7, 11) is 2.16. The van der Waals surface area contributed by atoms with Gasteiger partial charge in [0.05, 0.1) is 16.0 Å². The summed E-state index contributed by atoms with van der Waals surface area (Å²) < 4.78 is 2.12. The Hall–Kier alpha value is -0.405. The monoisotopic (exact) mass is 573 g/mol. The zero-order valence-electron chi connectivity index (χ0n) is 17.9. The van der Waals surface area contributed by atoms with Crippen LogP contribution in [0.1, 0.15) is 43.4 Å². The number of unbranched alkanes of at least 4 members (excludes halogenated alkanes) is 1.